The largest absolute Gasteiger partial charge is 0.397 e. The van der Waals surface area contributed by atoms with E-state index in [4.69, 9.17) is 17.3 Å². The van der Waals surface area contributed by atoms with Gasteiger partial charge in [0.15, 0.2) is 0 Å². The Morgan fingerprint density at radius 2 is 2.32 bits per heavy atom. The van der Waals surface area contributed by atoms with E-state index in [9.17, 15) is 4.79 Å². The molecule has 1 unspecified atom stereocenters. The number of hydrogen-bond acceptors (Lipinski definition) is 3. The van der Waals surface area contributed by atoms with Crippen LogP contribution >= 0.6 is 22.9 Å². The van der Waals surface area contributed by atoms with Crippen molar-refractivity contribution in [1.29, 1.82) is 0 Å². The monoisotopic (exact) mass is 294 g/mol. The summed E-state index contributed by atoms with van der Waals surface area (Å²) in [6.45, 7) is 2.92. The van der Waals surface area contributed by atoms with Gasteiger partial charge in [-0.3, -0.25) is 4.79 Å². The van der Waals surface area contributed by atoms with Crippen LogP contribution in [0.4, 0.5) is 5.69 Å². The van der Waals surface area contributed by atoms with Crippen LogP contribution < -0.4 is 5.73 Å². The third-order valence-electron chi connectivity index (χ3n) is 3.70. The van der Waals surface area contributed by atoms with Crippen LogP contribution in [0.3, 0.4) is 0 Å². The molecule has 0 saturated carbocycles. The van der Waals surface area contributed by atoms with Crippen molar-refractivity contribution < 1.29 is 4.79 Å². The molecule has 1 aromatic heterocycles. The summed E-state index contributed by atoms with van der Waals surface area (Å²) in [6.07, 6.45) is 2.14. The van der Waals surface area contributed by atoms with E-state index in [1.165, 1.54) is 11.3 Å². The molecule has 2 heterocycles. The first-order chi connectivity index (χ1) is 9.08. The van der Waals surface area contributed by atoms with E-state index in [0.717, 1.165) is 29.5 Å². The Balaban J connectivity index is 2.05. The summed E-state index contributed by atoms with van der Waals surface area (Å²) in [4.78, 5) is 15.1. The maximum atomic E-state index is 12.6. The fraction of sp³-hybridized carbons (Fsp3) is 0.357. The molecule has 3 rings (SSSR count). The fourth-order valence-electron chi connectivity index (χ4n) is 2.61. The zero-order valence-electron chi connectivity index (χ0n) is 10.6. The summed E-state index contributed by atoms with van der Waals surface area (Å²) in [5, 5.41) is 1.53. The van der Waals surface area contributed by atoms with E-state index in [1.807, 2.05) is 23.1 Å². The minimum Gasteiger partial charge on any atom is -0.397 e. The smallest absolute Gasteiger partial charge is 0.266 e. The van der Waals surface area contributed by atoms with Gasteiger partial charge in [0.1, 0.15) is 4.88 Å². The highest BCUT2D eigenvalue weighted by molar-refractivity contribution is 7.21. The number of carbonyl (C=O) groups is 1. The maximum Gasteiger partial charge on any atom is 0.266 e. The molecule has 0 radical (unpaired) electrons. The molecule has 1 amide bonds. The summed E-state index contributed by atoms with van der Waals surface area (Å²) in [5.74, 6) is 0.0554. The molecular weight excluding hydrogens is 280 g/mol. The van der Waals surface area contributed by atoms with E-state index < -0.39 is 0 Å². The Morgan fingerprint density at radius 1 is 1.53 bits per heavy atom. The number of nitrogens with two attached hydrogens (primary N) is 1. The number of thiophene rings is 1. The van der Waals surface area contributed by atoms with Gasteiger partial charge in [-0.05, 0) is 38.0 Å². The summed E-state index contributed by atoms with van der Waals surface area (Å²) in [7, 11) is 0. The zero-order valence-corrected chi connectivity index (χ0v) is 12.2. The van der Waals surface area contributed by atoms with Gasteiger partial charge in [0.2, 0.25) is 0 Å². The number of likely N-dealkylation sites (tertiary alicyclic amines) is 1. The molecule has 1 aliphatic heterocycles. The predicted octanol–water partition coefficient (Wildman–Crippen LogP) is 3.76. The molecular formula is C14H15ClN2OS. The normalized spacial score (nSPS) is 19.3. The Morgan fingerprint density at radius 3 is 3.00 bits per heavy atom. The lowest BCUT2D eigenvalue weighted by atomic mass is 10.2. The van der Waals surface area contributed by atoms with Gasteiger partial charge < -0.3 is 10.6 Å². The number of fused-ring (bicyclic) bond motifs is 1. The van der Waals surface area contributed by atoms with Gasteiger partial charge >= 0.3 is 0 Å². The molecule has 5 heteroatoms. The van der Waals surface area contributed by atoms with E-state index in [0.29, 0.717) is 21.6 Å². The molecule has 3 nitrogen and oxygen atoms in total. The highest BCUT2D eigenvalue weighted by Gasteiger charge is 2.28. The average Bonchev–Trinajstić information content (AvgIpc) is 2.94. The Labute approximate surface area is 121 Å². The third kappa shape index (κ3) is 2.09. The highest BCUT2D eigenvalue weighted by Crippen LogP contribution is 2.36. The minimum absolute atomic E-state index is 0.0554. The van der Waals surface area contributed by atoms with Crippen molar-refractivity contribution in [3.8, 4) is 0 Å². The van der Waals surface area contributed by atoms with Gasteiger partial charge in [-0.25, -0.2) is 0 Å². The van der Waals surface area contributed by atoms with Crippen LogP contribution in [0.1, 0.15) is 29.4 Å². The summed E-state index contributed by atoms with van der Waals surface area (Å²) < 4.78 is 1.01. The quantitative estimate of drug-likeness (QED) is 0.870. The summed E-state index contributed by atoms with van der Waals surface area (Å²) >= 11 is 7.44. The number of anilines is 1. The molecule has 1 aliphatic rings. The van der Waals surface area contributed by atoms with Gasteiger partial charge in [-0.15, -0.1) is 11.3 Å². The molecule has 2 N–H and O–H groups in total. The SMILES string of the molecule is CC1CCCN1C(=O)c1sc2ccc(Cl)cc2c1N. The van der Waals surface area contributed by atoms with E-state index in [2.05, 4.69) is 6.92 Å². The molecule has 19 heavy (non-hydrogen) atoms. The molecule has 1 fully saturated rings. The first-order valence-electron chi connectivity index (χ1n) is 6.36. The predicted molar refractivity (Wildman–Crippen MR) is 81.0 cm³/mol. The lowest BCUT2D eigenvalue weighted by Crippen LogP contribution is -2.33. The van der Waals surface area contributed by atoms with Gasteiger partial charge in [0, 0.05) is 27.7 Å². The van der Waals surface area contributed by atoms with Crippen LogP contribution in [0.15, 0.2) is 18.2 Å². The van der Waals surface area contributed by atoms with E-state index in [1.54, 1.807) is 0 Å². The average molecular weight is 295 g/mol. The number of amides is 1. The zero-order chi connectivity index (χ0) is 13.6. The fourth-order valence-corrected chi connectivity index (χ4v) is 3.84. The lowest BCUT2D eigenvalue weighted by Gasteiger charge is -2.20. The van der Waals surface area contributed by atoms with E-state index >= 15 is 0 Å². The second kappa shape index (κ2) is 4.69. The first kappa shape index (κ1) is 12.8. The number of carbonyl (C=O) groups excluding carboxylic acids is 1. The van der Waals surface area contributed by atoms with Crippen molar-refractivity contribution in [2.45, 2.75) is 25.8 Å². The van der Waals surface area contributed by atoms with Crippen molar-refractivity contribution in [3.05, 3.63) is 28.1 Å². The molecule has 1 atom stereocenters. The number of halogens is 1. The molecule has 0 spiro atoms. The van der Waals surface area contributed by atoms with Gasteiger partial charge in [0.05, 0.1) is 5.69 Å². The van der Waals surface area contributed by atoms with Crippen LogP contribution in [0.25, 0.3) is 10.1 Å². The van der Waals surface area contributed by atoms with Crippen molar-refractivity contribution in [2.24, 2.45) is 0 Å². The number of benzene rings is 1. The second-order valence-electron chi connectivity index (χ2n) is 4.98. The summed E-state index contributed by atoms with van der Waals surface area (Å²) in [6, 6.07) is 5.88. The number of nitrogen functional groups attached to an aromatic ring is 1. The molecule has 100 valence electrons. The molecule has 0 aliphatic carbocycles. The van der Waals surface area contributed by atoms with Crippen molar-refractivity contribution >= 4 is 44.6 Å². The van der Waals surface area contributed by atoms with Crippen LogP contribution in [0.2, 0.25) is 5.02 Å². The molecule has 1 aromatic carbocycles. The number of nitrogens with zero attached hydrogens (tertiary/aromatic N) is 1. The van der Waals surface area contributed by atoms with Crippen LogP contribution in [-0.2, 0) is 0 Å². The summed E-state index contributed by atoms with van der Waals surface area (Å²) in [5.41, 5.74) is 6.69. The first-order valence-corrected chi connectivity index (χ1v) is 7.56. The van der Waals surface area contributed by atoms with E-state index in [-0.39, 0.29) is 5.91 Å². The van der Waals surface area contributed by atoms with Crippen LogP contribution in [-0.4, -0.2) is 23.4 Å². The second-order valence-corrected chi connectivity index (χ2v) is 6.46. The van der Waals surface area contributed by atoms with Gasteiger partial charge in [0.25, 0.3) is 5.91 Å². The highest BCUT2D eigenvalue weighted by atomic mass is 35.5. The number of hydrogen-bond donors (Lipinski definition) is 1. The third-order valence-corrected chi connectivity index (χ3v) is 5.11. The van der Waals surface area contributed by atoms with Crippen LogP contribution in [0.5, 0.6) is 0 Å². The van der Waals surface area contributed by atoms with Crippen LogP contribution in [0, 0.1) is 0 Å². The molecule has 0 bridgehead atoms. The molecule has 1 saturated heterocycles. The number of rotatable bonds is 1. The van der Waals surface area contributed by atoms with Crippen molar-refractivity contribution in [1.82, 2.24) is 4.90 Å². The lowest BCUT2D eigenvalue weighted by molar-refractivity contribution is 0.0753. The molecule has 2 aromatic rings. The van der Waals surface area contributed by atoms with Gasteiger partial charge in [-0.1, -0.05) is 11.6 Å². The van der Waals surface area contributed by atoms with Crippen molar-refractivity contribution in [2.75, 3.05) is 12.3 Å². The Hall–Kier alpha value is -1.26. The minimum atomic E-state index is 0.0554. The van der Waals surface area contributed by atoms with Gasteiger partial charge in [-0.2, -0.15) is 0 Å². The Kier molecular flexibility index (Phi) is 3.15. The standard InChI is InChI=1S/C14H15ClN2OS/c1-8-3-2-6-17(8)14(18)13-12(16)10-7-9(15)4-5-11(10)19-13/h4-5,7-8H,2-3,6,16H2,1H3. The maximum absolute atomic E-state index is 12.6. The van der Waals surface area contributed by atoms with Crippen molar-refractivity contribution in [3.63, 3.8) is 0 Å². The topological polar surface area (TPSA) is 46.3 Å². The Bertz CT molecular complexity index is 652.